The minimum Gasteiger partial charge on any atom is -0.353 e. The number of ketones is 1. The second-order valence-corrected chi connectivity index (χ2v) is 7.45. The lowest BCUT2D eigenvalue weighted by Crippen LogP contribution is -2.35. The number of hydrogen-bond acceptors (Lipinski definition) is 2. The van der Waals surface area contributed by atoms with Crippen LogP contribution in [0.4, 0.5) is 4.39 Å². The monoisotopic (exact) mass is 361 g/mol. The maximum absolute atomic E-state index is 12.9. The summed E-state index contributed by atoms with van der Waals surface area (Å²) in [6, 6.07) is 5.74. The fourth-order valence-corrected chi connectivity index (χ4v) is 3.61. The SMILES string of the molecule is O=C(CCC(=O)c1ccc(F)cc1)NC1CCCCCCCCCCC1. The molecule has 2 rings (SSSR count). The van der Waals surface area contributed by atoms with Gasteiger partial charge in [0.05, 0.1) is 0 Å². The molecule has 0 aliphatic heterocycles. The molecule has 1 aromatic carbocycles. The third kappa shape index (κ3) is 8.11. The molecule has 144 valence electrons. The van der Waals surface area contributed by atoms with Crippen LogP contribution < -0.4 is 5.32 Å². The zero-order valence-corrected chi connectivity index (χ0v) is 15.8. The average molecular weight is 362 g/mol. The highest BCUT2D eigenvalue weighted by molar-refractivity contribution is 5.97. The molecule has 1 aliphatic carbocycles. The van der Waals surface area contributed by atoms with Crippen molar-refractivity contribution >= 4 is 11.7 Å². The average Bonchev–Trinajstić information content (AvgIpc) is 2.62. The highest BCUT2D eigenvalue weighted by Gasteiger charge is 2.14. The number of nitrogens with one attached hydrogen (secondary N) is 1. The summed E-state index contributed by atoms with van der Waals surface area (Å²) in [7, 11) is 0. The number of rotatable bonds is 5. The van der Waals surface area contributed by atoms with Gasteiger partial charge in [0.1, 0.15) is 5.82 Å². The molecule has 0 bridgehead atoms. The first kappa shape index (κ1) is 20.6. The molecule has 1 aliphatic rings. The largest absolute Gasteiger partial charge is 0.353 e. The standard InChI is InChI=1S/C22H32FNO2/c23-19-14-12-18(13-15-19)21(25)16-17-22(26)24-20-10-8-6-4-2-1-3-5-7-9-11-20/h12-15,20H,1-11,16-17H2,(H,24,26). The maximum atomic E-state index is 12.9. The fraction of sp³-hybridized carbons (Fsp3) is 0.636. The van der Waals surface area contributed by atoms with E-state index in [1.54, 1.807) is 0 Å². The summed E-state index contributed by atoms with van der Waals surface area (Å²) < 4.78 is 12.9. The second-order valence-electron chi connectivity index (χ2n) is 7.45. The molecular formula is C22H32FNO2. The number of halogens is 1. The van der Waals surface area contributed by atoms with E-state index in [0.717, 1.165) is 12.8 Å². The lowest BCUT2D eigenvalue weighted by atomic mass is 9.97. The number of benzene rings is 1. The van der Waals surface area contributed by atoms with E-state index in [9.17, 15) is 14.0 Å². The first-order valence-corrected chi connectivity index (χ1v) is 10.2. The predicted octanol–water partition coefficient (Wildman–Crippen LogP) is 5.58. The minimum absolute atomic E-state index is 0.0439. The third-order valence-corrected chi connectivity index (χ3v) is 5.22. The van der Waals surface area contributed by atoms with Crippen molar-refractivity contribution in [2.45, 2.75) is 89.5 Å². The Balaban J connectivity index is 1.74. The Morgan fingerprint density at radius 2 is 1.31 bits per heavy atom. The summed E-state index contributed by atoms with van der Waals surface area (Å²) in [5.74, 6) is -0.516. The molecular weight excluding hydrogens is 329 g/mol. The van der Waals surface area contributed by atoms with Crippen LogP contribution in [-0.2, 0) is 4.79 Å². The maximum Gasteiger partial charge on any atom is 0.220 e. The molecule has 1 amide bonds. The molecule has 1 saturated carbocycles. The van der Waals surface area contributed by atoms with Crippen molar-refractivity contribution in [1.29, 1.82) is 0 Å². The van der Waals surface area contributed by atoms with Gasteiger partial charge in [-0.3, -0.25) is 9.59 Å². The number of amides is 1. The van der Waals surface area contributed by atoms with Crippen molar-refractivity contribution in [3.05, 3.63) is 35.6 Å². The molecule has 3 nitrogen and oxygen atoms in total. The van der Waals surface area contributed by atoms with Crippen molar-refractivity contribution in [3.63, 3.8) is 0 Å². The Morgan fingerprint density at radius 1 is 0.808 bits per heavy atom. The van der Waals surface area contributed by atoms with Gasteiger partial charge in [-0.15, -0.1) is 0 Å². The van der Waals surface area contributed by atoms with E-state index in [1.165, 1.54) is 82.1 Å². The van der Waals surface area contributed by atoms with Gasteiger partial charge in [-0.1, -0.05) is 57.8 Å². The summed E-state index contributed by atoms with van der Waals surface area (Å²) in [6.07, 6.45) is 13.9. The van der Waals surface area contributed by atoms with Gasteiger partial charge < -0.3 is 5.32 Å². The quantitative estimate of drug-likeness (QED) is 0.696. The first-order valence-electron chi connectivity index (χ1n) is 10.2. The van der Waals surface area contributed by atoms with Crippen molar-refractivity contribution < 1.29 is 14.0 Å². The van der Waals surface area contributed by atoms with Crippen LogP contribution in [0, 0.1) is 5.82 Å². The molecule has 0 aromatic heterocycles. The molecule has 1 fully saturated rings. The van der Waals surface area contributed by atoms with E-state index in [1.807, 2.05) is 0 Å². The zero-order valence-electron chi connectivity index (χ0n) is 15.8. The third-order valence-electron chi connectivity index (χ3n) is 5.22. The van der Waals surface area contributed by atoms with Crippen molar-refractivity contribution in [2.24, 2.45) is 0 Å². The van der Waals surface area contributed by atoms with Crippen LogP contribution in [0.3, 0.4) is 0 Å². The number of carbonyl (C=O) groups excluding carboxylic acids is 2. The van der Waals surface area contributed by atoms with Gasteiger partial charge in [-0.2, -0.15) is 0 Å². The molecule has 0 unspecified atom stereocenters. The molecule has 0 spiro atoms. The van der Waals surface area contributed by atoms with Gasteiger partial charge in [0.2, 0.25) is 5.91 Å². The van der Waals surface area contributed by atoms with Gasteiger partial charge in [0, 0.05) is 24.4 Å². The normalized spacial score (nSPS) is 17.7. The fourth-order valence-electron chi connectivity index (χ4n) is 3.61. The lowest BCUT2D eigenvalue weighted by molar-refractivity contribution is -0.121. The summed E-state index contributed by atoms with van der Waals surface area (Å²) in [4.78, 5) is 24.4. The molecule has 1 aromatic rings. The Labute approximate surface area is 156 Å². The first-order chi connectivity index (χ1) is 12.6. The van der Waals surface area contributed by atoms with Crippen LogP contribution in [-0.4, -0.2) is 17.7 Å². The summed E-state index contributed by atoms with van der Waals surface area (Å²) in [6.45, 7) is 0. The van der Waals surface area contributed by atoms with E-state index in [4.69, 9.17) is 0 Å². The smallest absolute Gasteiger partial charge is 0.220 e. The lowest BCUT2D eigenvalue weighted by Gasteiger charge is -2.19. The minimum atomic E-state index is -0.359. The molecule has 0 radical (unpaired) electrons. The summed E-state index contributed by atoms with van der Waals surface area (Å²) in [5.41, 5.74) is 0.463. The van der Waals surface area contributed by atoms with Crippen LogP contribution in [0.5, 0.6) is 0 Å². The van der Waals surface area contributed by atoms with Crippen molar-refractivity contribution in [2.75, 3.05) is 0 Å². The topological polar surface area (TPSA) is 46.2 Å². The summed E-state index contributed by atoms with van der Waals surface area (Å²) in [5, 5.41) is 3.14. The second kappa shape index (κ2) is 11.8. The van der Waals surface area contributed by atoms with Crippen LogP contribution in [0.25, 0.3) is 0 Å². The van der Waals surface area contributed by atoms with E-state index in [-0.39, 0.29) is 36.4 Å². The van der Waals surface area contributed by atoms with Gasteiger partial charge in [0.15, 0.2) is 5.78 Å². The Hall–Kier alpha value is -1.71. The molecule has 1 N–H and O–H groups in total. The zero-order chi connectivity index (χ0) is 18.6. The van der Waals surface area contributed by atoms with Crippen LogP contribution in [0.1, 0.15) is 93.8 Å². The Kier molecular flexibility index (Phi) is 9.36. The molecule has 0 heterocycles. The van der Waals surface area contributed by atoms with E-state index in [2.05, 4.69) is 5.32 Å². The molecule has 0 atom stereocenters. The molecule has 26 heavy (non-hydrogen) atoms. The highest BCUT2D eigenvalue weighted by Crippen LogP contribution is 2.17. The Morgan fingerprint density at radius 3 is 1.85 bits per heavy atom. The van der Waals surface area contributed by atoms with Gasteiger partial charge in [-0.05, 0) is 37.1 Å². The van der Waals surface area contributed by atoms with Crippen LogP contribution in [0.2, 0.25) is 0 Å². The van der Waals surface area contributed by atoms with E-state index < -0.39 is 0 Å². The number of hydrogen-bond donors (Lipinski definition) is 1. The van der Waals surface area contributed by atoms with Gasteiger partial charge >= 0.3 is 0 Å². The van der Waals surface area contributed by atoms with Gasteiger partial charge in [-0.25, -0.2) is 4.39 Å². The van der Waals surface area contributed by atoms with Crippen molar-refractivity contribution in [3.8, 4) is 0 Å². The van der Waals surface area contributed by atoms with Gasteiger partial charge in [0.25, 0.3) is 0 Å². The van der Waals surface area contributed by atoms with Crippen LogP contribution in [0.15, 0.2) is 24.3 Å². The molecule has 0 saturated heterocycles. The number of Topliss-reactive ketones (excluding diaryl/α,β-unsaturated/α-hetero) is 1. The predicted molar refractivity (Wildman–Crippen MR) is 103 cm³/mol. The Bertz CT molecular complexity index is 544. The van der Waals surface area contributed by atoms with E-state index in [0.29, 0.717) is 5.56 Å². The van der Waals surface area contributed by atoms with E-state index >= 15 is 0 Å². The molecule has 4 heteroatoms. The number of carbonyl (C=O) groups is 2. The van der Waals surface area contributed by atoms with Crippen LogP contribution >= 0.6 is 0 Å². The highest BCUT2D eigenvalue weighted by atomic mass is 19.1. The van der Waals surface area contributed by atoms with Crippen molar-refractivity contribution in [1.82, 2.24) is 5.32 Å². The summed E-state index contributed by atoms with van der Waals surface area (Å²) >= 11 is 0.